The quantitative estimate of drug-likeness (QED) is 0.829. The molecule has 2 heterocycles. The van der Waals surface area contributed by atoms with E-state index in [1.54, 1.807) is 0 Å². The van der Waals surface area contributed by atoms with Crippen molar-refractivity contribution in [3.8, 4) is 11.3 Å². The maximum atomic E-state index is 11.2. The number of nitrogens with zero attached hydrogens (tertiary/aromatic N) is 3. The van der Waals surface area contributed by atoms with E-state index in [9.17, 15) is 9.59 Å². The average Bonchev–Trinajstić information content (AvgIpc) is 2.97. The number of hydrogen-bond acceptors (Lipinski definition) is 3. The lowest BCUT2D eigenvalue weighted by Gasteiger charge is -2.11. The molecule has 1 amide bonds. The Kier molecular flexibility index (Phi) is 2.67. The summed E-state index contributed by atoms with van der Waals surface area (Å²) in [5.74, 6) is 0. The van der Waals surface area contributed by atoms with Gasteiger partial charge in [-0.15, -0.1) is 0 Å². The van der Waals surface area contributed by atoms with Gasteiger partial charge in [0.05, 0.1) is 24.5 Å². The van der Waals surface area contributed by atoms with Gasteiger partial charge in [0.1, 0.15) is 0 Å². The Balaban J connectivity index is 2.13. The second-order valence-electron chi connectivity index (χ2n) is 4.47. The van der Waals surface area contributed by atoms with Crippen LogP contribution in [0.25, 0.3) is 11.3 Å². The highest BCUT2D eigenvalue weighted by atomic mass is 16.4. The Morgan fingerprint density at radius 2 is 1.75 bits per heavy atom. The van der Waals surface area contributed by atoms with Gasteiger partial charge in [0.2, 0.25) is 0 Å². The third-order valence-electron chi connectivity index (χ3n) is 3.28. The van der Waals surface area contributed by atoms with Crippen molar-refractivity contribution < 1.29 is 19.8 Å². The van der Waals surface area contributed by atoms with Crippen molar-refractivity contribution >= 4 is 12.2 Å². The summed E-state index contributed by atoms with van der Waals surface area (Å²) in [5, 5.41) is 22.3. The maximum Gasteiger partial charge on any atom is 0.432 e. The zero-order valence-electron chi connectivity index (χ0n) is 10.4. The summed E-state index contributed by atoms with van der Waals surface area (Å²) in [6.07, 6.45) is -2.28. The molecule has 0 fully saturated rings. The standard InChI is InChI=1S/C13H11N3O4/c17-12(18)15-6-9-10(7-15)16(13(19)20)14-11(9)8-4-2-1-3-5-8/h1-5H,6-7H2,(H,17,18)(H,19,20). The van der Waals surface area contributed by atoms with Crippen LogP contribution in [-0.2, 0) is 13.1 Å². The first-order valence-corrected chi connectivity index (χ1v) is 5.95. The summed E-state index contributed by atoms with van der Waals surface area (Å²) < 4.78 is 0.862. The molecule has 1 aromatic carbocycles. The highest BCUT2D eigenvalue weighted by Gasteiger charge is 2.32. The summed E-state index contributed by atoms with van der Waals surface area (Å²) in [6, 6.07) is 9.13. The van der Waals surface area contributed by atoms with E-state index in [1.165, 1.54) is 0 Å². The molecule has 7 heteroatoms. The molecular formula is C13H11N3O4. The molecule has 102 valence electrons. The Hall–Kier alpha value is -2.83. The lowest BCUT2D eigenvalue weighted by molar-refractivity contribution is 0.143. The van der Waals surface area contributed by atoms with Crippen molar-refractivity contribution in [2.75, 3.05) is 0 Å². The van der Waals surface area contributed by atoms with Gasteiger partial charge in [-0.1, -0.05) is 30.3 Å². The van der Waals surface area contributed by atoms with Gasteiger partial charge in [-0.2, -0.15) is 9.78 Å². The minimum atomic E-state index is -1.21. The van der Waals surface area contributed by atoms with Gasteiger partial charge in [0, 0.05) is 11.1 Å². The number of rotatable bonds is 1. The molecule has 0 saturated carbocycles. The van der Waals surface area contributed by atoms with Crippen LogP contribution < -0.4 is 0 Å². The molecule has 0 spiro atoms. The molecular weight excluding hydrogens is 262 g/mol. The number of amides is 1. The van der Waals surface area contributed by atoms with Gasteiger partial charge >= 0.3 is 12.2 Å². The lowest BCUT2D eigenvalue weighted by Crippen LogP contribution is -2.25. The smallest absolute Gasteiger partial charge is 0.432 e. The molecule has 2 N–H and O–H groups in total. The van der Waals surface area contributed by atoms with Crippen LogP contribution >= 0.6 is 0 Å². The molecule has 20 heavy (non-hydrogen) atoms. The zero-order chi connectivity index (χ0) is 14.3. The number of benzene rings is 1. The van der Waals surface area contributed by atoms with Gasteiger partial charge in [0.25, 0.3) is 0 Å². The number of carbonyl (C=O) groups is 2. The van der Waals surface area contributed by atoms with Crippen LogP contribution in [-0.4, -0.2) is 37.1 Å². The molecule has 1 aromatic heterocycles. The summed E-state index contributed by atoms with van der Waals surface area (Å²) in [7, 11) is 0. The largest absolute Gasteiger partial charge is 0.465 e. The fourth-order valence-corrected chi connectivity index (χ4v) is 2.36. The maximum absolute atomic E-state index is 11.2. The average molecular weight is 273 g/mol. The van der Waals surface area contributed by atoms with Crippen molar-refractivity contribution in [2.24, 2.45) is 0 Å². The van der Waals surface area contributed by atoms with Crippen LogP contribution in [0.5, 0.6) is 0 Å². The van der Waals surface area contributed by atoms with Gasteiger partial charge in [0.15, 0.2) is 0 Å². The Morgan fingerprint density at radius 1 is 1.05 bits per heavy atom. The van der Waals surface area contributed by atoms with Crippen LogP contribution in [0.2, 0.25) is 0 Å². The minimum absolute atomic E-state index is 0.0385. The van der Waals surface area contributed by atoms with Crippen LogP contribution in [0.4, 0.5) is 9.59 Å². The summed E-state index contributed by atoms with van der Waals surface area (Å²) in [4.78, 5) is 23.4. The molecule has 2 aromatic rings. The molecule has 1 aliphatic heterocycles. The Morgan fingerprint density at radius 3 is 2.35 bits per heavy atom. The number of hydrogen-bond donors (Lipinski definition) is 2. The van der Waals surface area contributed by atoms with E-state index in [2.05, 4.69) is 5.10 Å². The van der Waals surface area contributed by atoms with Gasteiger partial charge in [-0.25, -0.2) is 9.59 Å². The number of carboxylic acid groups (broad SMARTS) is 2. The second-order valence-corrected chi connectivity index (χ2v) is 4.47. The van der Waals surface area contributed by atoms with E-state index in [0.29, 0.717) is 17.0 Å². The summed E-state index contributed by atoms with van der Waals surface area (Å²) in [5.41, 5.74) is 2.36. The molecule has 0 aliphatic carbocycles. The first-order valence-electron chi connectivity index (χ1n) is 5.95. The monoisotopic (exact) mass is 273 g/mol. The molecule has 0 unspecified atom stereocenters. The van der Waals surface area contributed by atoms with Gasteiger partial charge in [-0.05, 0) is 0 Å². The van der Waals surface area contributed by atoms with Crippen molar-refractivity contribution in [3.05, 3.63) is 41.6 Å². The second kappa shape index (κ2) is 4.37. The molecule has 0 saturated heterocycles. The van der Waals surface area contributed by atoms with Crippen molar-refractivity contribution in [1.82, 2.24) is 14.7 Å². The van der Waals surface area contributed by atoms with Crippen molar-refractivity contribution in [3.63, 3.8) is 0 Å². The zero-order valence-corrected chi connectivity index (χ0v) is 10.4. The Bertz CT molecular complexity index is 693. The highest BCUT2D eigenvalue weighted by Crippen LogP contribution is 2.32. The first kappa shape index (κ1) is 12.2. The molecule has 7 nitrogen and oxygen atoms in total. The molecule has 1 aliphatic rings. The summed E-state index contributed by atoms with van der Waals surface area (Å²) in [6.45, 7) is 0.193. The first-order chi connectivity index (χ1) is 9.58. The molecule has 0 atom stereocenters. The fraction of sp³-hybridized carbons (Fsp3) is 0.154. The van der Waals surface area contributed by atoms with E-state index in [4.69, 9.17) is 10.2 Å². The third kappa shape index (κ3) is 1.80. The SMILES string of the molecule is O=C(O)N1Cc2c(-c3ccccc3)nn(C(=O)O)c2C1. The van der Waals surface area contributed by atoms with Crippen molar-refractivity contribution in [1.29, 1.82) is 0 Å². The number of fused-ring (bicyclic) bond motifs is 1. The summed E-state index contributed by atoms with van der Waals surface area (Å²) >= 11 is 0. The Labute approximate surface area is 113 Å². The highest BCUT2D eigenvalue weighted by molar-refractivity contribution is 5.75. The van der Waals surface area contributed by atoms with Crippen LogP contribution in [0.15, 0.2) is 30.3 Å². The van der Waals surface area contributed by atoms with Crippen LogP contribution in [0.3, 0.4) is 0 Å². The normalized spacial score (nSPS) is 13.3. The molecule has 3 rings (SSSR count). The molecule has 0 bridgehead atoms. The predicted molar refractivity (Wildman–Crippen MR) is 68.4 cm³/mol. The van der Waals surface area contributed by atoms with E-state index < -0.39 is 12.2 Å². The van der Waals surface area contributed by atoms with Crippen LogP contribution in [0.1, 0.15) is 11.3 Å². The van der Waals surface area contributed by atoms with Gasteiger partial charge in [-0.3, -0.25) is 4.90 Å². The fourth-order valence-electron chi connectivity index (χ4n) is 2.36. The predicted octanol–water partition coefficient (Wildman–Crippen LogP) is 2.07. The van der Waals surface area contributed by atoms with E-state index in [1.807, 2.05) is 30.3 Å². The lowest BCUT2D eigenvalue weighted by atomic mass is 10.1. The van der Waals surface area contributed by atoms with E-state index in [0.717, 1.165) is 15.1 Å². The van der Waals surface area contributed by atoms with E-state index >= 15 is 0 Å². The van der Waals surface area contributed by atoms with Crippen molar-refractivity contribution in [2.45, 2.75) is 13.1 Å². The number of aromatic nitrogens is 2. The molecule has 0 radical (unpaired) electrons. The van der Waals surface area contributed by atoms with Crippen LogP contribution in [0, 0.1) is 0 Å². The van der Waals surface area contributed by atoms with E-state index in [-0.39, 0.29) is 13.1 Å². The third-order valence-corrected chi connectivity index (χ3v) is 3.28. The minimum Gasteiger partial charge on any atom is -0.465 e. The topological polar surface area (TPSA) is 95.7 Å². The van der Waals surface area contributed by atoms with Gasteiger partial charge < -0.3 is 10.2 Å².